The fourth-order valence-corrected chi connectivity index (χ4v) is 3.97. The van der Waals surface area contributed by atoms with E-state index in [0.29, 0.717) is 12.2 Å². The van der Waals surface area contributed by atoms with Gasteiger partial charge in [0.15, 0.2) is 0 Å². The van der Waals surface area contributed by atoms with Crippen molar-refractivity contribution in [3.05, 3.63) is 12.3 Å². The van der Waals surface area contributed by atoms with Gasteiger partial charge in [-0.25, -0.2) is 0 Å². The van der Waals surface area contributed by atoms with E-state index in [9.17, 15) is 0 Å². The van der Waals surface area contributed by atoms with Crippen molar-refractivity contribution in [3.8, 4) is 0 Å². The number of allylic oxidation sites excluding steroid dienone is 1. The smallest absolute Gasteiger partial charge is 0.0901 e. The molecule has 0 spiro atoms. The summed E-state index contributed by atoms with van der Waals surface area (Å²) < 4.78 is 11.6. The molecule has 1 saturated carbocycles. The molecule has 0 radical (unpaired) electrons. The van der Waals surface area contributed by atoms with Crippen LogP contribution in [-0.4, -0.2) is 18.8 Å². The molecule has 0 N–H and O–H groups in total. The maximum atomic E-state index is 6.04. The summed E-state index contributed by atoms with van der Waals surface area (Å²) in [5.74, 6) is 2.50. The van der Waals surface area contributed by atoms with Crippen molar-refractivity contribution in [3.63, 3.8) is 0 Å². The summed E-state index contributed by atoms with van der Waals surface area (Å²) in [5, 5.41) is 0. The van der Waals surface area contributed by atoms with Crippen LogP contribution >= 0.6 is 0 Å². The number of hydrogen-bond acceptors (Lipinski definition) is 2. The minimum Gasteiger partial charge on any atom is -0.501 e. The van der Waals surface area contributed by atoms with Crippen LogP contribution in [0.2, 0.25) is 0 Å². The Hall–Kier alpha value is -0.500. The van der Waals surface area contributed by atoms with E-state index in [1.54, 1.807) is 0 Å². The highest BCUT2D eigenvalue weighted by Gasteiger charge is 2.50. The van der Waals surface area contributed by atoms with Gasteiger partial charge in [-0.3, -0.25) is 0 Å². The van der Waals surface area contributed by atoms with Crippen LogP contribution in [0.25, 0.3) is 0 Å². The Labute approximate surface area is 98.0 Å². The van der Waals surface area contributed by atoms with E-state index in [-0.39, 0.29) is 0 Å². The van der Waals surface area contributed by atoms with E-state index in [1.807, 2.05) is 19.3 Å². The van der Waals surface area contributed by atoms with Gasteiger partial charge in [-0.1, -0.05) is 6.08 Å². The molecule has 0 aromatic carbocycles. The molecule has 5 unspecified atom stereocenters. The molecule has 2 heterocycles. The summed E-state index contributed by atoms with van der Waals surface area (Å²) in [5.41, 5.74) is 0. The minimum atomic E-state index is 0.597. The standard InChI is InChI=1S/C14H22O2/c1-2-7-15-9-10-3-4-11-12(8-10)14-6-5-13(11)16-14/h2,7,10-14H,3-6,8-9H2,1H3/b7-2+. The van der Waals surface area contributed by atoms with Gasteiger partial charge in [0.1, 0.15) is 0 Å². The lowest BCUT2D eigenvalue weighted by Crippen LogP contribution is -2.34. The van der Waals surface area contributed by atoms with Crippen molar-refractivity contribution in [2.24, 2.45) is 17.8 Å². The molecule has 3 fully saturated rings. The van der Waals surface area contributed by atoms with Crippen LogP contribution in [0, 0.1) is 17.8 Å². The van der Waals surface area contributed by atoms with Crippen molar-refractivity contribution in [2.75, 3.05) is 6.61 Å². The van der Waals surface area contributed by atoms with Crippen LogP contribution < -0.4 is 0 Å². The van der Waals surface area contributed by atoms with Gasteiger partial charge in [-0.05, 0) is 56.8 Å². The monoisotopic (exact) mass is 222 g/mol. The second-order valence-corrected chi connectivity index (χ2v) is 5.60. The molecule has 2 heteroatoms. The van der Waals surface area contributed by atoms with Crippen molar-refractivity contribution in [2.45, 2.75) is 51.2 Å². The van der Waals surface area contributed by atoms with Gasteiger partial charge in [0.25, 0.3) is 0 Å². The second kappa shape index (κ2) is 4.40. The largest absolute Gasteiger partial charge is 0.501 e. The first-order valence-corrected chi connectivity index (χ1v) is 6.76. The van der Waals surface area contributed by atoms with E-state index in [4.69, 9.17) is 9.47 Å². The third kappa shape index (κ3) is 1.77. The predicted octanol–water partition coefficient (Wildman–Crippen LogP) is 3.13. The SMILES string of the molecule is C/C=C/OCC1CCC2C3CCC(O3)C2C1. The van der Waals surface area contributed by atoms with Gasteiger partial charge in [0.05, 0.1) is 25.1 Å². The highest BCUT2D eigenvalue weighted by Crippen LogP contribution is 2.51. The average Bonchev–Trinajstić information content (AvgIpc) is 2.90. The lowest BCUT2D eigenvalue weighted by atomic mass is 9.68. The molecule has 0 aromatic rings. The van der Waals surface area contributed by atoms with Crippen LogP contribution in [0.15, 0.2) is 12.3 Å². The van der Waals surface area contributed by atoms with Crippen LogP contribution in [0.1, 0.15) is 39.0 Å². The van der Waals surface area contributed by atoms with Gasteiger partial charge in [0, 0.05) is 0 Å². The van der Waals surface area contributed by atoms with Gasteiger partial charge in [-0.15, -0.1) is 0 Å². The molecule has 3 aliphatic rings. The van der Waals surface area contributed by atoms with E-state index < -0.39 is 0 Å². The van der Waals surface area contributed by atoms with Crippen molar-refractivity contribution in [1.82, 2.24) is 0 Å². The van der Waals surface area contributed by atoms with Gasteiger partial charge >= 0.3 is 0 Å². The molecule has 2 aliphatic heterocycles. The van der Waals surface area contributed by atoms with Crippen LogP contribution in [-0.2, 0) is 9.47 Å². The summed E-state index contributed by atoms with van der Waals surface area (Å²) in [6.07, 6.45) is 11.7. The van der Waals surface area contributed by atoms with Crippen LogP contribution in [0.5, 0.6) is 0 Å². The molecule has 0 aromatic heterocycles. The third-order valence-electron chi connectivity index (χ3n) is 4.67. The van der Waals surface area contributed by atoms with Crippen LogP contribution in [0.3, 0.4) is 0 Å². The van der Waals surface area contributed by atoms with E-state index in [2.05, 4.69) is 0 Å². The lowest BCUT2D eigenvalue weighted by Gasteiger charge is -2.36. The Morgan fingerprint density at radius 3 is 2.75 bits per heavy atom. The Morgan fingerprint density at radius 2 is 1.94 bits per heavy atom. The maximum absolute atomic E-state index is 6.04. The van der Waals surface area contributed by atoms with Gasteiger partial charge in [0.2, 0.25) is 0 Å². The van der Waals surface area contributed by atoms with Crippen molar-refractivity contribution < 1.29 is 9.47 Å². The highest BCUT2D eigenvalue weighted by molar-refractivity contribution is 4.99. The zero-order chi connectivity index (χ0) is 11.0. The highest BCUT2D eigenvalue weighted by atomic mass is 16.5. The fraction of sp³-hybridized carbons (Fsp3) is 0.857. The number of ether oxygens (including phenoxy) is 2. The van der Waals surface area contributed by atoms with E-state index in [1.165, 1.54) is 32.1 Å². The van der Waals surface area contributed by atoms with Crippen molar-refractivity contribution >= 4 is 0 Å². The predicted molar refractivity (Wildman–Crippen MR) is 63.0 cm³/mol. The Bertz CT molecular complexity index is 274. The molecule has 1 aliphatic carbocycles. The topological polar surface area (TPSA) is 18.5 Å². The third-order valence-corrected chi connectivity index (χ3v) is 4.67. The summed E-state index contributed by atoms with van der Waals surface area (Å²) in [7, 11) is 0. The molecule has 5 atom stereocenters. The molecular weight excluding hydrogens is 200 g/mol. The molecule has 3 rings (SSSR count). The summed E-state index contributed by atoms with van der Waals surface area (Å²) in [4.78, 5) is 0. The van der Waals surface area contributed by atoms with Crippen LogP contribution in [0.4, 0.5) is 0 Å². The van der Waals surface area contributed by atoms with Crippen molar-refractivity contribution in [1.29, 1.82) is 0 Å². The molecule has 2 nitrogen and oxygen atoms in total. The van der Waals surface area contributed by atoms with Gasteiger partial charge in [-0.2, -0.15) is 0 Å². The lowest BCUT2D eigenvalue weighted by molar-refractivity contribution is 0.0849. The Balaban J connectivity index is 1.55. The normalized spacial score (nSPS) is 46.2. The molecule has 16 heavy (non-hydrogen) atoms. The first-order valence-electron chi connectivity index (χ1n) is 6.76. The zero-order valence-electron chi connectivity index (χ0n) is 10.1. The minimum absolute atomic E-state index is 0.597. The summed E-state index contributed by atoms with van der Waals surface area (Å²) in [6.45, 7) is 2.91. The first kappa shape index (κ1) is 10.6. The average molecular weight is 222 g/mol. The van der Waals surface area contributed by atoms with E-state index >= 15 is 0 Å². The van der Waals surface area contributed by atoms with Gasteiger partial charge < -0.3 is 9.47 Å². The Kier molecular flexibility index (Phi) is 2.93. The molecule has 90 valence electrons. The quantitative estimate of drug-likeness (QED) is 0.683. The zero-order valence-corrected chi connectivity index (χ0v) is 10.1. The number of hydrogen-bond donors (Lipinski definition) is 0. The summed E-state index contributed by atoms with van der Waals surface area (Å²) >= 11 is 0. The fourth-order valence-electron chi connectivity index (χ4n) is 3.97. The number of fused-ring (bicyclic) bond motifs is 5. The first-order chi connectivity index (χ1) is 7.88. The molecule has 2 bridgehead atoms. The Morgan fingerprint density at radius 1 is 1.12 bits per heavy atom. The maximum Gasteiger partial charge on any atom is 0.0901 e. The van der Waals surface area contributed by atoms with E-state index in [0.717, 1.165) is 24.4 Å². The summed E-state index contributed by atoms with van der Waals surface area (Å²) in [6, 6.07) is 0. The molecule has 2 saturated heterocycles. The molecule has 0 amide bonds. The number of rotatable bonds is 3. The molecular formula is C14H22O2. The second-order valence-electron chi connectivity index (χ2n) is 5.60.